The van der Waals surface area contributed by atoms with Gasteiger partial charge >= 0.3 is 0 Å². The third kappa shape index (κ3) is 4.03. The van der Waals surface area contributed by atoms with Gasteiger partial charge in [0.05, 0.1) is 16.7 Å². The highest BCUT2D eigenvalue weighted by Gasteiger charge is 2.21. The van der Waals surface area contributed by atoms with Crippen molar-refractivity contribution >= 4 is 11.3 Å². The monoisotopic (exact) mass is 258 g/mol. The average Bonchev–Trinajstić information content (AvgIpc) is 2.67. The second-order valence-electron chi connectivity index (χ2n) is 5.08. The van der Waals surface area contributed by atoms with Crippen LogP contribution in [0.4, 0.5) is 0 Å². The first kappa shape index (κ1) is 14.6. The minimum Gasteiger partial charge on any atom is -0.354 e. The molecule has 0 aromatic carbocycles. The zero-order valence-electron chi connectivity index (χ0n) is 11.2. The minimum absolute atomic E-state index is 0.0841. The van der Waals surface area contributed by atoms with E-state index in [1.54, 1.807) is 25.6 Å². The van der Waals surface area contributed by atoms with E-state index in [4.69, 9.17) is 15.2 Å². The lowest BCUT2D eigenvalue weighted by Crippen LogP contribution is -2.39. The van der Waals surface area contributed by atoms with Crippen molar-refractivity contribution in [1.82, 2.24) is 4.98 Å². The van der Waals surface area contributed by atoms with Crippen molar-refractivity contribution in [2.75, 3.05) is 14.2 Å². The fourth-order valence-electron chi connectivity index (χ4n) is 1.49. The molecule has 0 aliphatic carbocycles. The number of rotatable bonds is 5. The average molecular weight is 258 g/mol. The van der Waals surface area contributed by atoms with Crippen molar-refractivity contribution in [3.05, 3.63) is 16.1 Å². The number of hydrogen-bond donors (Lipinski definition) is 1. The van der Waals surface area contributed by atoms with E-state index in [1.165, 1.54) is 0 Å². The highest BCUT2D eigenvalue weighted by atomic mass is 32.1. The van der Waals surface area contributed by atoms with Crippen LogP contribution >= 0.6 is 11.3 Å². The zero-order chi connectivity index (χ0) is 13.1. The molecule has 0 saturated heterocycles. The Labute approximate surface area is 107 Å². The number of ether oxygens (including phenoxy) is 2. The van der Waals surface area contributed by atoms with Crippen LogP contribution < -0.4 is 5.73 Å². The largest absolute Gasteiger partial charge is 0.354 e. The maximum atomic E-state index is 6.01. The van der Waals surface area contributed by atoms with Crippen molar-refractivity contribution in [2.24, 2.45) is 5.73 Å². The Morgan fingerprint density at radius 2 is 1.94 bits per heavy atom. The molecule has 0 amide bonds. The number of nitrogens with two attached hydrogens (primary N) is 1. The van der Waals surface area contributed by atoms with Crippen LogP contribution in [-0.4, -0.2) is 31.5 Å². The number of thiazole rings is 1. The zero-order valence-corrected chi connectivity index (χ0v) is 12.0. The molecule has 2 N–H and O–H groups in total. The lowest BCUT2D eigenvalue weighted by Gasteiger charge is -2.20. The molecule has 98 valence electrons. The van der Waals surface area contributed by atoms with Gasteiger partial charge in [0.2, 0.25) is 0 Å². The predicted octanol–water partition coefficient (Wildman–Crippen LogP) is 1.93. The number of methoxy groups -OCH3 is 2. The summed E-state index contributed by atoms with van der Waals surface area (Å²) in [6.45, 7) is 6.45. The van der Waals surface area contributed by atoms with Crippen LogP contribution in [0.3, 0.4) is 0 Å². The lowest BCUT2D eigenvalue weighted by atomic mass is 9.93. The Morgan fingerprint density at radius 3 is 2.35 bits per heavy atom. The van der Waals surface area contributed by atoms with Gasteiger partial charge in [-0.1, -0.05) is 20.8 Å². The standard InChI is InChI=1S/C12H22N2O2S/c1-12(2,3)9-7-17-10(14-9)6-8(13)11(15-4)16-5/h7-8,11H,6,13H2,1-5H3. The third-order valence-corrected chi connectivity index (χ3v) is 3.42. The van der Waals surface area contributed by atoms with E-state index in [9.17, 15) is 0 Å². The van der Waals surface area contributed by atoms with Gasteiger partial charge in [-0.2, -0.15) is 0 Å². The molecule has 0 saturated carbocycles. The topological polar surface area (TPSA) is 57.4 Å². The summed E-state index contributed by atoms with van der Waals surface area (Å²) in [5.41, 5.74) is 7.20. The van der Waals surface area contributed by atoms with Gasteiger partial charge in [0, 0.05) is 31.4 Å². The van der Waals surface area contributed by atoms with Crippen molar-refractivity contribution in [3.63, 3.8) is 0 Å². The molecule has 0 aliphatic heterocycles. The van der Waals surface area contributed by atoms with Gasteiger partial charge < -0.3 is 15.2 Å². The minimum atomic E-state index is -0.378. The second-order valence-corrected chi connectivity index (χ2v) is 6.03. The Kier molecular flexibility index (Phi) is 5.06. The van der Waals surface area contributed by atoms with E-state index in [1.807, 2.05) is 0 Å². The molecule has 1 aromatic rings. The Balaban J connectivity index is 2.66. The van der Waals surface area contributed by atoms with Crippen LogP contribution in [0.5, 0.6) is 0 Å². The van der Waals surface area contributed by atoms with Crippen molar-refractivity contribution in [3.8, 4) is 0 Å². The van der Waals surface area contributed by atoms with Gasteiger partial charge in [-0.3, -0.25) is 0 Å². The summed E-state index contributed by atoms with van der Waals surface area (Å²) in [4.78, 5) is 4.60. The van der Waals surface area contributed by atoms with Crippen LogP contribution in [0.1, 0.15) is 31.5 Å². The fourth-order valence-corrected chi connectivity index (χ4v) is 2.59. The molecule has 17 heavy (non-hydrogen) atoms. The quantitative estimate of drug-likeness (QED) is 0.820. The molecular formula is C12H22N2O2S. The smallest absolute Gasteiger partial charge is 0.172 e. The number of hydrogen-bond acceptors (Lipinski definition) is 5. The van der Waals surface area contributed by atoms with E-state index in [-0.39, 0.29) is 17.7 Å². The summed E-state index contributed by atoms with van der Waals surface area (Å²) < 4.78 is 10.3. The molecule has 0 bridgehead atoms. The SMILES string of the molecule is COC(OC)C(N)Cc1nc(C(C)(C)C)cs1. The van der Waals surface area contributed by atoms with Gasteiger partial charge in [0.1, 0.15) is 0 Å². The summed E-state index contributed by atoms with van der Waals surface area (Å²) in [5.74, 6) is 0. The highest BCUT2D eigenvalue weighted by molar-refractivity contribution is 7.09. The molecule has 1 atom stereocenters. The molecule has 0 spiro atoms. The summed E-state index contributed by atoms with van der Waals surface area (Å²) in [7, 11) is 3.19. The maximum Gasteiger partial charge on any atom is 0.172 e. The molecular weight excluding hydrogens is 236 g/mol. The van der Waals surface area contributed by atoms with E-state index < -0.39 is 0 Å². The Hall–Kier alpha value is -0.490. The Bertz CT molecular complexity index is 343. The third-order valence-electron chi connectivity index (χ3n) is 2.54. The molecule has 0 aliphatic rings. The van der Waals surface area contributed by atoms with E-state index >= 15 is 0 Å². The summed E-state index contributed by atoms with van der Waals surface area (Å²) in [5, 5.41) is 3.12. The molecule has 1 rings (SSSR count). The van der Waals surface area contributed by atoms with Crippen molar-refractivity contribution in [2.45, 2.75) is 44.9 Å². The molecule has 5 heteroatoms. The molecule has 1 heterocycles. The van der Waals surface area contributed by atoms with Crippen LogP contribution in [0.2, 0.25) is 0 Å². The van der Waals surface area contributed by atoms with Crippen LogP contribution in [-0.2, 0) is 21.3 Å². The van der Waals surface area contributed by atoms with E-state index in [0.29, 0.717) is 6.42 Å². The van der Waals surface area contributed by atoms with Crippen LogP contribution in [0.15, 0.2) is 5.38 Å². The summed E-state index contributed by atoms with van der Waals surface area (Å²) in [6.07, 6.45) is 0.296. The first-order chi connectivity index (χ1) is 7.88. The number of aromatic nitrogens is 1. The van der Waals surface area contributed by atoms with E-state index in [2.05, 4.69) is 31.1 Å². The maximum absolute atomic E-state index is 6.01. The van der Waals surface area contributed by atoms with E-state index in [0.717, 1.165) is 10.7 Å². The normalized spacial score (nSPS) is 14.3. The van der Waals surface area contributed by atoms with Gasteiger partial charge in [0.25, 0.3) is 0 Å². The van der Waals surface area contributed by atoms with Crippen LogP contribution in [0, 0.1) is 0 Å². The molecule has 1 unspecified atom stereocenters. The molecule has 0 radical (unpaired) electrons. The summed E-state index contributed by atoms with van der Waals surface area (Å²) in [6, 6.07) is -0.191. The molecule has 4 nitrogen and oxygen atoms in total. The Morgan fingerprint density at radius 1 is 1.35 bits per heavy atom. The van der Waals surface area contributed by atoms with Gasteiger partial charge in [-0.15, -0.1) is 11.3 Å². The first-order valence-corrected chi connectivity index (χ1v) is 6.52. The lowest BCUT2D eigenvalue weighted by molar-refractivity contribution is -0.115. The fraction of sp³-hybridized carbons (Fsp3) is 0.750. The van der Waals surface area contributed by atoms with Crippen LogP contribution in [0.25, 0.3) is 0 Å². The van der Waals surface area contributed by atoms with Gasteiger partial charge in [0.15, 0.2) is 6.29 Å². The highest BCUT2D eigenvalue weighted by Crippen LogP contribution is 2.24. The molecule has 0 fully saturated rings. The number of nitrogens with zero attached hydrogens (tertiary/aromatic N) is 1. The summed E-state index contributed by atoms with van der Waals surface area (Å²) >= 11 is 1.64. The predicted molar refractivity (Wildman–Crippen MR) is 70.3 cm³/mol. The van der Waals surface area contributed by atoms with Gasteiger partial charge in [-0.25, -0.2) is 4.98 Å². The van der Waals surface area contributed by atoms with Crippen molar-refractivity contribution < 1.29 is 9.47 Å². The molecule has 1 aromatic heterocycles. The van der Waals surface area contributed by atoms with Crippen molar-refractivity contribution in [1.29, 1.82) is 0 Å². The van der Waals surface area contributed by atoms with Gasteiger partial charge in [-0.05, 0) is 0 Å². The first-order valence-electron chi connectivity index (χ1n) is 5.64. The second kappa shape index (κ2) is 5.91.